The van der Waals surface area contributed by atoms with Crippen LogP contribution in [0.1, 0.15) is 11.1 Å². The Morgan fingerprint density at radius 2 is 1.46 bits per heavy atom. The van der Waals surface area contributed by atoms with Crippen molar-refractivity contribution in [3.8, 4) is 0 Å². The van der Waals surface area contributed by atoms with Crippen molar-refractivity contribution in [1.29, 1.82) is 0 Å². The number of fused-ring (bicyclic) bond motifs is 1. The van der Waals surface area contributed by atoms with Gasteiger partial charge in [0, 0.05) is 6.54 Å². The lowest BCUT2D eigenvalue weighted by atomic mass is 10.1. The fourth-order valence-corrected chi connectivity index (χ4v) is 3.40. The van der Waals surface area contributed by atoms with Gasteiger partial charge in [-0.3, -0.25) is 0 Å². The maximum atomic E-state index is 5.50. The molecule has 4 rings (SSSR count). The van der Waals surface area contributed by atoms with Crippen molar-refractivity contribution in [1.82, 2.24) is 14.9 Å². The standard InChI is InChI=1S/C23H22N4S/c28-23(24-16-15-18-9-3-1-4-10-18)26-22-25-20-13-7-8-14-21(20)27(22)17-19-11-5-2-6-12-19/h1-14H,15-17H2,(H2,24,25,26,28). The van der Waals surface area contributed by atoms with Crippen molar-refractivity contribution in [3.05, 3.63) is 96.1 Å². The highest BCUT2D eigenvalue weighted by molar-refractivity contribution is 7.80. The van der Waals surface area contributed by atoms with Gasteiger partial charge in [0.25, 0.3) is 0 Å². The molecule has 0 radical (unpaired) electrons. The molecule has 1 heterocycles. The Hall–Kier alpha value is -3.18. The van der Waals surface area contributed by atoms with E-state index in [9.17, 15) is 0 Å². The van der Waals surface area contributed by atoms with Crippen molar-refractivity contribution < 1.29 is 0 Å². The molecule has 0 aliphatic heterocycles. The molecule has 0 aliphatic rings. The van der Waals surface area contributed by atoms with E-state index in [1.54, 1.807) is 0 Å². The number of rotatable bonds is 6. The lowest BCUT2D eigenvalue weighted by Gasteiger charge is -2.13. The Kier molecular flexibility index (Phi) is 5.64. The summed E-state index contributed by atoms with van der Waals surface area (Å²) in [6.07, 6.45) is 0.920. The predicted molar refractivity (Wildman–Crippen MR) is 120 cm³/mol. The predicted octanol–water partition coefficient (Wildman–Crippen LogP) is 4.61. The SMILES string of the molecule is S=C(NCCc1ccccc1)Nc1nc2ccccc2n1Cc1ccccc1. The summed E-state index contributed by atoms with van der Waals surface area (Å²) in [5.74, 6) is 0.752. The lowest BCUT2D eigenvalue weighted by molar-refractivity contribution is 0.830. The maximum absolute atomic E-state index is 5.50. The van der Waals surface area contributed by atoms with E-state index in [2.05, 4.69) is 69.8 Å². The minimum atomic E-state index is 0.584. The van der Waals surface area contributed by atoms with Gasteiger partial charge in [-0.25, -0.2) is 4.98 Å². The molecule has 0 aliphatic carbocycles. The summed E-state index contributed by atoms with van der Waals surface area (Å²) in [7, 11) is 0. The van der Waals surface area contributed by atoms with Gasteiger partial charge in [-0.05, 0) is 41.9 Å². The number of para-hydroxylation sites is 2. The molecule has 140 valence electrons. The summed E-state index contributed by atoms with van der Waals surface area (Å²) < 4.78 is 2.16. The number of anilines is 1. The second-order valence-corrected chi connectivity index (χ2v) is 7.02. The molecule has 0 bridgehead atoms. The van der Waals surface area contributed by atoms with E-state index in [4.69, 9.17) is 17.2 Å². The van der Waals surface area contributed by atoms with Gasteiger partial charge in [0.05, 0.1) is 17.6 Å². The molecular formula is C23H22N4S. The van der Waals surface area contributed by atoms with Gasteiger partial charge in [-0.2, -0.15) is 0 Å². The maximum Gasteiger partial charge on any atom is 0.210 e. The second kappa shape index (κ2) is 8.67. The molecule has 5 heteroatoms. The van der Waals surface area contributed by atoms with Crippen molar-refractivity contribution in [3.63, 3.8) is 0 Å². The molecule has 0 unspecified atom stereocenters. The number of nitrogens with one attached hydrogen (secondary N) is 2. The number of hydrogen-bond acceptors (Lipinski definition) is 2. The summed E-state index contributed by atoms with van der Waals surface area (Å²) in [5.41, 5.74) is 4.54. The van der Waals surface area contributed by atoms with E-state index in [1.807, 2.05) is 30.3 Å². The van der Waals surface area contributed by atoms with Crippen LogP contribution in [0.5, 0.6) is 0 Å². The molecule has 1 aromatic heterocycles. The van der Waals surface area contributed by atoms with E-state index >= 15 is 0 Å². The zero-order valence-electron chi connectivity index (χ0n) is 15.5. The summed E-state index contributed by atoms with van der Waals surface area (Å²) in [6.45, 7) is 1.51. The summed E-state index contributed by atoms with van der Waals surface area (Å²) in [6, 6.07) is 28.9. The van der Waals surface area contributed by atoms with Crippen LogP contribution in [0.3, 0.4) is 0 Å². The van der Waals surface area contributed by atoms with Crippen LogP contribution in [-0.4, -0.2) is 21.2 Å². The van der Waals surface area contributed by atoms with Gasteiger partial charge >= 0.3 is 0 Å². The number of thiocarbonyl (C=S) groups is 1. The van der Waals surface area contributed by atoms with Crippen molar-refractivity contribution in [2.75, 3.05) is 11.9 Å². The minimum Gasteiger partial charge on any atom is -0.362 e. The number of imidazole rings is 1. The molecule has 0 fully saturated rings. The minimum absolute atomic E-state index is 0.584. The first kappa shape index (κ1) is 18.2. The fourth-order valence-electron chi connectivity index (χ4n) is 3.21. The highest BCUT2D eigenvalue weighted by atomic mass is 32.1. The number of benzene rings is 3. The van der Waals surface area contributed by atoms with Crippen molar-refractivity contribution in [2.45, 2.75) is 13.0 Å². The first-order valence-electron chi connectivity index (χ1n) is 9.37. The Bertz CT molecular complexity index is 1060. The van der Waals surface area contributed by atoms with Crippen LogP contribution in [0.25, 0.3) is 11.0 Å². The van der Waals surface area contributed by atoms with Gasteiger partial charge in [-0.15, -0.1) is 0 Å². The van der Waals surface area contributed by atoms with Gasteiger partial charge in [-0.1, -0.05) is 72.8 Å². The highest BCUT2D eigenvalue weighted by Crippen LogP contribution is 2.21. The molecular weight excluding hydrogens is 364 g/mol. The quantitative estimate of drug-likeness (QED) is 0.475. The van der Waals surface area contributed by atoms with Crippen LogP contribution in [0.15, 0.2) is 84.9 Å². The molecule has 0 spiro atoms. The molecule has 0 saturated carbocycles. The van der Waals surface area contributed by atoms with Crippen LogP contribution >= 0.6 is 12.2 Å². The van der Waals surface area contributed by atoms with Gasteiger partial charge in [0.1, 0.15) is 0 Å². The van der Waals surface area contributed by atoms with Crippen LogP contribution in [-0.2, 0) is 13.0 Å². The average Bonchev–Trinajstić information content (AvgIpc) is 3.06. The molecule has 28 heavy (non-hydrogen) atoms. The van der Waals surface area contributed by atoms with Crippen molar-refractivity contribution in [2.24, 2.45) is 0 Å². The monoisotopic (exact) mass is 386 g/mol. The smallest absolute Gasteiger partial charge is 0.210 e. The highest BCUT2D eigenvalue weighted by Gasteiger charge is 2.12. The van der Waals surface area contributed by atoms with Crippen LogP contribution in [0.2, 0.25) is 0 Å². The Balaban J connectivity index is 1.48. The lowest BCUT2D eigenvalue weighted by Crippen LogP contribution is -2.31. The third kappa shape index (κ3) is 4.38. The largest absolute Gasteiger partial charge is 0.362 e. The summed E-state index contributed by atoms with van der Waals surface area (Å²) in [4.78, 5) is 4.74. The van der Waals surface area contributed by atoms with E-state index in [0.29, 0.717) is 5.11 Å². The normalized spacial score (nSPS) is 10.7. The zero-order valence-corrected chi connectivity index (χ0v) is 16.3. The zero-order chi connectivity index (χ0) is 19.2. The van der Waals surface area contributed by atoms with Crippen LogP contribution < -0.4 is 10.6 Å². The van der Waals surface area contributed by atoms with Gasteiger partial charge in [0.2, 0.25) is 5.95 Å². The fraction of sp³-hybridized carbons (Fsp3) is 0.130. The third-order valence-electron chi connectivity index (χ3n) is 4.61. The summed E-state index contributed by atoms with van der Waals surface area (Å²) in [5, 5.41) is 7.14. The summed E-state index contributed by atoms with van der Waals surface area (Å²) >= 11 is 5.50. The third-order valence-corrected chi connectivity index (χ3v) is 4.85. The molecule has 2 N–H and O–H groups in total. The van der Waals surface area contributed by atoms with E-state index < -0.39 is 0 Å². The topological polar surface area (TPSA) is 41.9 Å². The number of hydrogen-bond donors (Lipinski definition) is 2. The second-order valence-electron chi connectivity index (χ2n) is 6.61. The average molecular weight is 387 g/mol. The number of aromatic nitrogens is 2. The molecule has 0 saturated heterocycles. The van der Waals surface area contributed by atoms with E-state index in [-0.39, 0.29) is 0 Å². The van der Waals surface area contributed by atoms with Crippen LogP contribution in [0, 0.1) is 0 Å². The Morgan fingerprint density at radius 1 is 0.821 bits per heavy atom. The first-order valence-corrected chi connectivity index (χ1v) is 9.78. The molecule has 0 amide bonds. The first-order chi connectivity index (χ1) is 13.8. The molecule has 0 atom stereocenters. The number of nitrogens with zero attached hydrogens (tertiary/aromatic N) is 2. The molecule has 3 aromatic carbocycles. The Morgan fingerprint density at radius 3 is 2.21 bits per heavy atom. The Labute approximate surface area is 170 Å². The van der Waals surface area contributed by atoms with Crippen LogP contribution in [0.4, 0.5) is 5.95 Å². The van der Waals surface area contributed by atoms with E-state index in [1.165, 1.54) is 11.1 Å². The molecule has 4 aromatic rings. The van der Waals surface area contributed by atoms with Gasteiger partial charge < -0.3 is 15.2 Å². The van der Waals surface area contributed by atoms with E-state index in [0.717, 1.165) is 36.5 Å². The van der Waals surface area contributed by atoms with Gasteiger partial charge in [0.15, 0.2) is 5.11 Å². The van der Waals surface area contributed by atoms with Crippen molar-refractivity contribution >= 4 is 34.3 Å². The molecule has 4 nitrogen and oxygen atoms in total.